The van der Waals surface area contributed by atoms with Crippen molar-refractivity contribution in [1.82, 2.24) is 4.98 Å². The number of pyridine rings is 1. The second-order valence-corrected chi connectivity index (χ2v) is 3.81. The SMILES string of the molecule is CCOc1ccc(C=Nc2cccnc2)cc1OC. The molecule has 0 amide bonds. The molecule has 0 spiro atoms. The molecule has 0 atom stereocenters. The highest BCUT2D eigenvalue weighted by Crippen LogP contribution is 2.27. The first kappa shape index (κ1) is 13.1. The lowest BCUT2D eigenvalue weighted by Gasteiger charge is -2.09. The fraction of sp³-hybridized carbons (Fsp3) is 0.200. The zero-order valence-electron chi connectivity index (χ0n) is 11.0. The van der Waals surface area contributed by atoms with E-state index in [9.17, 15) is 0 Å². The van der Waals surface area contributed by atoms with Crippen molar-refractivity contribution >= 4 is 11.9 Å². The lowest BCUT2D eigenvalue weighted by atomic mass is 10.2. The minimum absolute atomic E-state index is 0.611. The van der Waals surface area contributed by atoms with Crippen LogP contribution < -0.4 is 9.47 Å². The van der Waals surface area contributed by atoms with E-state index in [1.54, 1.807) is 25.7 Å². The quantitative estimate of drug-likeness (QED) is 0.771. The van der Waals surface area contributed by atoms with Gasteiger partial charge in [-0.1, -0.05) is 0 Å². The molecule has 0 aliphatic carbocycles. The molecular formula is C15H16N2O2. The second-order valence-electron chi connectivity index (χ2n) is 3.81. The Hall–Kier alpha value is -2.36. The topological polar surface area (TPSA) is 43.7 Å². The first-order valence-electron chi connectivity index (χ1n) is 6.08. The Morgan fingerprint density at radius 1 is 1.26 bits per heavy atom. The Morgan fingerprint density at radius 2 is 2.16 bits per heavy atom. The average molecular weight is 256 g/mol. The van der Waals surface area contributed by atoms with Crippen LogP contribution in [0.4, 0.5) is 5.69 Å². The van der Waals surface area contributed by atoms with Crippen LogP contribution in [0.3, 0.4) is 0 Å². The minimum Gasteiger partial charge on any atom is -0.493 e. The standard InChI is InChI=1S/C15H16N2O2/c1-3-19-14-7-6-12(9-15(14)18-2)10-17-13-5-4-8-16-11-13/h4-11H,3H2,1-2H3. The van der Waals surface area contributed by atoms with Crippen molar-refractivity contribution in [3.8, 4) is 11.5 Å². The van der Waals surface area contributed by atoms with E-state index >= 15 is 0 Å². The molecule has 0 unspecified atom stereocenters. The number of ether oxygens (including phenoxy) is 2. The Bertz CT molecular complexity index is 553. The van der Waals surface area contributed by atoms with Crippen LogP contribution in [0.5, 0.6) is 11.5 Å². The van der Waals surface area contributed by atoms with E-state index in [-0.39, 0.29) is 0 Å². The van der Waals surface area contributed by atoms with Gasteiger partial charge in [-0.25, -0.2) is 0 Å². The number of aliphatic imine (C=N–C) groups is 1. The maximum Gasteiger partial charge on any atom is 0.161 e. The van der Waals surface area contributed by atoms with Crippen LogP contribution in [0, 0.1) is 0 Å². The molecule has 1 aromatic heterocycles. The largest absolute Gasteiger partial charge is 0.493 e. The predicted molar refractivity (Wildman–Crippen MR) is 75.7 cm³/mol. The molecule has 2 aromatic rings. The van der Waals surface area contributed by atoms with Crippen LogP contribution in [0.15, 0.2) is 47.7 Å². The van der Waals surface area contributed by atoms with Crippen LogP contribution in [-0.4, -0.2) is 24.9 Å². The van der Waals surface area contributed by atoms with E-state index in [0.29, 0.717) is 12.4 Å². The summed E-state index contributed by atoms with van der Waals surface area (Å²) in [5, 5.41) is 0. The zero-order chi connectivity index (χ0) is 13.5. The molecule has 0 N–H and O–H groups in total. The fourth-order valence-corrected chi connectivity index (χ4v) is 1.62. The first-order valence-corrected chi connectivity index (χ1v) is 6.08. The summed E-state index contributed by atoms with van der Waals surface area (Å²) in [5.74, 6) is 1.44. The normalized spacial score (nSPS) is 10.6. The molecule has 0 radical (unpaired) electrons. The maximum atomic E-state index is 5.47. The summed E-state index contributed by atoms with van der Waals surface area (Å²) in [7, 11) is 1.62. The molecule has 4 nitrogen and oxygen atoms in total. The molecule has 1 heterocycles. The maximum absolute atomic E-state index is 5.47. The number of hydrogen-bond donors (Lipinski definition) is 0. The summed E-state index contributed by atoms with van der Waals surface area (Å²) in [6, 6.07) is 9.46. The van der Waals surface area contributed by atoms with Crippen molar-refractivity contribution in [2.24, 2.45) is 4.99 Å². The van der Waals surface area contributed by atoms with Crippen LogP contribution in [0.2, 0.25) is 0 Å². The van der Waals surface area contributed by atoms with Crippen molar-refractivity contribution in [2.75, 3.05) is 13.7 Å². The summed E-state index contributed by atoms with van der Waals surface area (Å²) < 4.78 is 10.8. The number of nitrogens with zero attached hydrogens (tertiary/aromatic N) is 2. The van der Waals surface area contributed by atoms with Gasteiger partial charge in [-0.05, 0) is 42.8 Å². The lowest BCUT2D eigenvalue weighted by molar-refractivity contribution is 0.311. The van der Waals surface area contributed by atoms with Crippen molar-refractivity contribution in [2.45, 2.75) is 6.92 Å². The van der Waals surface area contributed by atoms with E-state index in [0.717, 1.165) is 17.0 Å². The van der Waals surface area contributed by atoms with Crippen molar-refractivity contribution in [3.05, 3.63) is 48.3 Å². The highest BCUT2D eigenvalue weighted by molar-refractivity contribution is 5.83. The van der Waals surface area contributed by atoms with Gasteiger partial charge in [-0.15, -0.1) is 0 Å². The van der Waals surface area contributed by atoms with E-state index in [1.807, 2.05) is 37.3 Å². The third-order valence-electron chi connectivity index (χ3n) is 2.50. The third kappa shape index (κ3) is 3.55. The lowest BCUT2D eigenvalue weighted by Crippen LogP contribution is -1.96. The molecular weight excluding hydrogens is 240 g/mol. The van der Waals surface area contributed by atoms with Gasteiger partial charge in [0.05, 0.1) is 25.6 Å². The minimum atomic E-state index is 0.611. The second kappa shape index (κ2) is 6.54. The van der Waals surface area contributed by atoms with Gasteiger partial charge in [0, 0.05) is 12.4 Å². The monoisotopic (exact) mass is 256 g/mol. The Kier molecular flexibility index (Phi) is 4.50. The smallest absolute Gasteiger partial charge is 0.161 e. The summed E-state index contributed by atoms with van der Waals surface area (Å²) in [6.45, 7) is 2.55. The van der Waals surface area contributed by atoms with Gasteiger partial charge in [0.25, 0.3) is 0 Å². The molecule has 0 fully saturated rings. The Morgan fingerprint density at radius 3 is 2.84 bits per heavy atom. The third-order valence-corrected chi connectivity index (χ3v) is 2.50. The molecule has 0 saturated heterocycles. The Balaban J connectivity index is 2.19. The van der Waals surface area contributed by atoms with Crippen molar-refractivity contribution in [1.29, 1.82) is 0 Å². The molecule has 0 bridgehead atoms. The molecule has 19 heavy (non-hydrogen) atoms. The zero-order valence-corrected chi connectivity index (χ0v) is 11.0. The average Bonchev–Trinajstić information content (AvgIpc) is 2.47. The van der Waals surface area contributed by atoms with Crippen molar-refractivity contribution < 1.29 is 9.47 Å². The number of rotatable bonds is 5. The first-order chi connectivity index (χ1) is 9.33. The summed E-state index contributed by atoms with van der Waals surface area (Å²) >= 11 is 0. The number of benzene rings is 1. The van der Waals surface area contributed by atoms with Gasteiger partial charge in [0.2, 0.25) is 0 Å². The van der Waals surface area contributed by atoms with E-state index in [2.05, 4.69) is 9.98 Å². The van der Waals surface area contributed by atoms with Gasteiger partial charge >= 0.3 is 0 Å². The molecule has 0 saturated carbocycles. The number of hydrogen-bond acceptors (Lipinski definition) is 4. The summed E-state index contributed by atoms with van der Waals surface area (Å²) in [5.41, 5.74) is 1.76. The van der Waals surface area contributed by atoms with Crippen LogP contribution in [0.1, 0.15) is 12.5 Å². The summed E-state index contributed by atoms with van der Waals surface area (Å²) in [4.78, 5) is 8.35. The van der Waals surface area contributed by atoms with Crippen LogP contribution >= 0.6 is 0 Å². The Labute approximate surface area is 112 Å². The van der Waals surface area contributed by atoms with E-state index in [1.165, 1.54) is 0 Å². The molecule has 4 heteroatoms. The molecule has 2 rings (SSSR count). The van der Waals surface area contributed by atoms with Crippen LogP contribution in [-0.2, 0) is 0 Å². The van der Waals surface area contributed by atoms with E-state index < -0.39 is 0 Å². The highest BCUT2D eigenvalue weighted by atomic mass is 16.5. The van der Waals surface area contributed by atoms with Gasteiger partial charge in [0.15, 0.2) is 11.5 Å². The fourth-order valence-electron chi connectivity index (χ4n) is 1.62. The predicted octanol–water partition coefficient (Wildman–Crippen LogP) is 3.24. The highest BCUT2D eigenvalue weighted by Gasteiger charge is 2.03. The summed E-state index contributed by atoms with van der Waals surface area (Å²) in [6.07, 6.45) is 5.20. The van der Waals surface area contributed by atoms with Gasteiger partial charge in [-0.2, -0.15) is 0 Å². The van der Waals surface area contributed by atoms with Gasteiger partial charge < -0.3 is 9.47 Å². The number of aromatic nitrogens is 1. The molecule has 1 aromatic carbocycles. The molecule has 0 aliphatic heterocycles. The number of methoxy groups -OCH3 is 1. The van der Waals surface area contributed by atoms with Gasteiger partial charge in [0.1, 0.15) is 0 Å². The molecule has 0 aliphatic rings. The van der Waals surface area contributed by atoms with E-state index in [4.69, 9.17) is 9.47 Å². The van der Waals surface area contributed by atoms with Gasteiger partial charge in [-0.3, -0.25) is 9.98 Å². The molecule has 98 valence electrons. The van der Waals surface area contributed by atoms with Crippen LogP contribution in [0.25, 0.3) is 0 Å². The van der Waals surface area contributed by atoms with Crippen molar-refractivity contribution in [3.63, 3.8) is 0 Å².